The van der Waals surface area contributed by atoms with Crippen molar-refractivity contribution in [2.75, 3.05) is 0 Å². The van der Waals surface area contributed by atoms with Crippen molar-refractivity contribution in [3.63, 3.8) is 0 Å². The van der Waals surface area contributed by atoms with Crippen LogP contribution in [0, 0.1) is 5.41 Å². The molecule has 0 heterocycles. The van der Waals surface area contributed by atoms with Crippen LogP contribution in [-0.2, 0) is 0 Å². The molecule has 0 aromatic carbocycles. The molecule has 0 atom stereocenters. The molecular formula is C4H16IN3O. The maximum Gasteiger partial charge on any atom is 0.0765 e. The minimum absolute atomic E-state index is 0. The molecule has 0 saturated carbocycles. The highest BCUT2D eigenvalue weighted by molar-refractivity contribution is 14.0. The molecule has 0 bridgehead atoms. The minimum Gasteiger partial charge on any atom is -0.394 e. The predicted molar refractivity (Wildman–Crippen MR) is 50.8 cm³/mol. The molecule has 0 aromatic rings. The number of rotatable bonds is 0. The Morgan fingerprint density at radius 2 is 1.56 bits per heavy atom. The maximum atomic E-state index is 8.06. The number of nitrogens with two attached hydrogens (primary N) is 1. The fourth-order valence-electron chi connectivity index (χ4n) is 0. The molecule has 0 spiro atoms. The normalized spacial score (nSPS) is 5.33. The van der Waals surface area contributed by atoms with Crippen LogP contribution < -0.4 is 11.9 Å². The summed E-state index contributed by atoms with van der Waals surface area (Å²) in [5.74, 6) is 0. The molecule has 0 saturated heterocycles. The first-order valence-electron chi connectivity index (χ1n) is 2.03. The quantitative estimate of drug-likeness (QED) is 0.288. The second-order valence-electron chi connectivity index (χ2n) is 1.26. The summed E-state index contributed by atoms with van der Waals surface area (Å²) < 4.78 is 0. The second kappa shape index (κ2) is 24.3. The molecule has 0 unspecified atom stereocenters. The van der Waals surface area contributed by atoms with Gasteiger partial charge in [-0.05, 0) is 13.8 Å². The van der Waals surface area contributed by atoms with Gasteiger partial charge in [0.2, 0.25) is 0 Å². The maximum absolute atomic E-state index is 8.06. The second-order valence-corrected chi connectivity index (χ2v) is 1.26. The summed E-state index contributed by atoms with van der Waals surface area (Å²) in [5.41, 5.74) is 4.39. The molecule has 9 heavy (non-hydrogen) atoms. The number of nitrogens with one attached hydrogen (secondary N) is 1. The Morgan fingerprint density at radius 1 is 1.56 bits per heavy atom. The Labute approximate surface area is 72.9 Å². The van der Waals surface area contributed by atoms with Crippen molar-refractivity contribution in [3.8, 4) is 0 Å². The highest BCUT2D eigenvalue weighted by Crippen LogP contribution is 1.65. The van der Waals surface area contributed by atoms with Gasteiger partial charge < -0.3 is 17.0 Å². The van der Waals surface area contributed by atoms with E-state index in [1.54, 1.807) is 13.8 Å². The summed E-state index contributed by atoms with van der Waals surface area (Å²) in [6.07, 6.45) is 0.583. The van der Waals surface area contributed by atoms with Crippen LogP contribution in [0.2, 0.25) is 0 Å². The number of aliphatic hydroxyl groups is 1. The van der Waals surface area contributed by atoms with Crippen LogP contribution in [-0.4, -0.2) is 17.5 Å². The molecule has 7 N–H and O–H groups in total. The SMILES string of the molecule is CC(C)O.I.N.N=CN. The van der Waals surface area contributed by atoms with Crippen molar-refractivity contribution in [1.82, 2.24) is 6.15 Å². The van der Waals surface area contributed by atoms with Crippen molar-refractivity contribution < 1.29 is 5.11 Å². The summed E-state index contributed by atoms with van der Waals surface area (Å²) in [5, 5.41) is 13.9. The zero-order chi connectivity index (χ0) is 6.28. The Kier molecular flexibility index (Phi) is 61.8. The van der Waals surface area contributed by atoms with Crippen molar-refractivity contribution >= 4 is 30.3 Å². The Bertz CT molecular complexity index is 40.0. The summed E-state index contributed by atoms with van der Waals surface area (Å²) in [6.45, 7) is 3.44. The van der Waals surface area contributed by atoms with Crippen LogP contribution >= 0.6 is 24.0 Å². The molecule has 0 amide bonds. The topological polar surface area (TPSA) is 105 Å². The molecule has 60 valence electrons. The third-order valence-electron chi connectivity index (χ3n) is 0. The van der Waals surface area contributed by atoms with E-state index in [1.165, 1.54) is 0 Å². The average Bonchev–Trinajstić information content (AvgIpc) is 1.33. The molecule has 0 rings (SSSR count). The van der Waals surface area contributed by atoms with Gasteiger partial charge >= 0.3 is 0 Å². The highest BCUT2D eigenvalue weighted by atomic mass is 127. The highest BCUT2D eigenvalue weighted by Gasteiger charge is 1.69. The van der Waals surface area contributed by atoms with Gasteiger partial charge in [-0.15, -0.1) is 24.0 Å². The Balaban J connectivity index is -0.0000000233. The first-order valence-corrected chi connectivity index (χ1v) is 2.03. The van der Waals surface area contributed by atoms with Crippen molar-refractivity contribution in [1.29, 1.82) is 5.41 Å². The summed E-state index contributed by atoms with van der Waals surface area (Å²) in [7, 11) is 0. The number of aliphatic hydroxyl groups excluding tert-OH is 1. The molecule has 0 aromatic heterocycles. The predicted octanol–water partition coefficient (Wildman–Crippen LogP) is 0.719. The van der Waals surface area contributed by atoms with Gasteiger partial charge in [0, 0.05) is 6.10 Å². The Hall–Kier alpha value is 0.120. The van der Waals surface area contributed by atoms with Gasteiger partial charge in [-0.25, -0.2) is 0 Å². The third kappa shape index (κ3) is 21100. The van der Waals surface area contributed by atoms with Crippen LogP contribution in [0.3, 0.4) is 0 Å². The lowest BCUT2D eigenvalue weighted by molar-refractivity contribution is 0.216. The molecule has 0 fully saturated rings. The van der Waals surface area contributed by atoms with E-state index >= 15 is 0 Å². The lowest BCUT2D eigenvalue weighted by Crippen LogP contribution is -1.85. The molecule has 4 nitrogen and oxygen atoms in total. The molecule has 0 aliphatic carbocycles. The van der Waals surface area contributed by atoms with Crippen LogP contribution in [0.25, 0.3) is 0 Å². The first-order chi connectivity index (χ1) is 3.15. The zero-order valence-corrected chi connectivity index (χ0v) is 8.12. The molecule has 0 aliphatic heterocycles. The van der Waals surface area contributed by atoms with Crippen LogP contribution in [0.5, 0.6) is 0 Å². The van der Waals surface area contributed by atoms with E-state index in [0.717, 1.165) is 6.34 Å². The molecular weight excluding hydrogens is 233 g/mol. The first kappa shape index (κ1) is 22.9. The van der Waals surface area contributed by atoms with E-state index in [1.807, 2.05) is 0 Å². The molecule has 0 radical (unpaired) electrons. The van der Waals surface area contributed by atoms with Crippen molar-refractivity contribution in [2.45, 2.75) is 20.0 Å². The van der Waals surface area contributed by atoms with Gasteiger partial charge in [0.1, 0.15) is 0 Å². The number of hydrogen-bond donors (Lipinski definition) is 4. The van der Waals surface area contributed by atoms with E-state index in [4.69, 9.17) is 10.5 Å². The van der Waals surface area contributed by atoms with E-state index in [9.17, 15) is 0 Å². The van der Waals surface area contributed by atoms with Crippen molar-refractivity contribution in [3.05, 3.63) is 0 Å². The van der Waals surface area contributed by atoms with Gasteiger partial charge in [-0.2, -0.15) is 0 Å². The largest absolute Gasteiger partial charge is 0.394 e. The van der Waals surface area contributed by atoms with E-state index < -0.39 is 0 Å². The monoisotopic (exact) mass is 249 g/mol. The van der Waals surface area contributed by atoms with E-state index in [-0.39, 0.29) is 36.2 Å². The zero-order valence-electron chi connectivity index (χ0n) is 5.79. The standard InChI is InChI=1S/C3H8O.CH4N2.HI.H3N/c1-3(2)4;2-1-3;;/h3-4H,1-2H3;1H,(H3,2,3);1H;1H3. The lowest BCUT2D eigenvalue weighted by atomic mass is 10.5. The minimum atomic E-state index is -0.167. The van der Waals surface area contributed by atoms with E-state index in [0.29, 0.717) is 0 Å². The lowest BCUT2D eigenvalue weighted by Gasteiger charge is -1.80. The third-order valence-corrected chi connectivity index (χ3v) is 0. The number of halogens is 1. The summed E-state index contributed by atoms with van der Waals surface area (Å²) in [6, 6.07) is 0. The van der Waals surface area contributed by atoms with Crippen LogP contribution in [0.4, 0.5) is 0 Å². The average molecular weight is 249 g/mol. The Morgan fingerprint density at radius 3 is 1.56 bits per heavy atom. The smallest absolute Gasteiger partial charge is 0.0765 e. The molecule has 5 heteroatoms. The van der Waals surface area contributed by atoms with Crippen molar-refractivity contribution in [2.24, 2.45) is 5.73 Å². The van der Waals surface area contributed by atoms with Gasteiger partial charge in [0.15, 0.2) is 0 Å². The fourth-order valence-corrected chi connectivity index (χ4v) is 0. The van der Waals surface area contributed by atoms with Gasteiger partial charge in [-0.3, -0.25) is 5.41 Å². The van der Waals surface area contributed by atoms with Gasteiger partial charge in [0.05, 0.1) is 6.34 Å². The number of hydrogen-bond acceptors (Lipinski definition) is 3. The van der Waals surface area contributed by atoms with Crippen LogP contribution in [0.1, 0.15) is 13.8 Å². The summed E-state index contributed by atoms with van der Waals surface area (Å²) in [4.78, 5) is 0. The van der Waals surface area contributed by atoms with Gasteiger partial charge in [0.25, 0.3) is 0 Å². The fraction of sp³-hybridized carbons (Fsp3) is 0.750. The molecule has 0 aliphatic rings. The van der Waals surface area contributed by atoms with Crippen LogP contribution in [0.15, 0.2) is 0 Å². The summed E-state index contributed by atoms with van der Waals surface area (Å²) >= 11 is 0. The van der Waals surface area contributed by atoms with Gasteiger partial charge in [-0.1, -0.05) is 0 Å². The van der Waals surface area contributed by atoms with E-state index in [2.05, 4.69) is 5.73 Å².